The van der Waals surface area contributed by atoms with Gasteiger partial charge < -0.3 is 14.9 Å². The summed E-state index contributed by atoms with van der Waals surface area (Å²) in [7, 11) is 0. The van der Waals surface area contributed by atoms with Crippen LogP contribution in [-0.2, 0) is 11.2 Å². The summed E-state index contributed by atoms with van der Waals surface area (Å²) in [5, 5.41) is 21.0. The number of fused-ring (bicyclic) bond motifs is 1. The zero-order valence-corrected chi connectivity index (χ0v) is 20.8. The van der Waals surface area contributed by atoms with Crippen molar-refractivity contribution < 1.29 is 24.6 Å². The smallest absolute Gasteiger partial charge is 0.227 e. The Morgan fingerprint density at radius 2 is 1.91 bits per heavy atom. The third-order valence-electron chi connectivity index (χ3n) is 6.77. The second kappa shape index (κ2) is 13.4. The topological polar surface area (TPSA) is 83.6 Å². The molecule has 1 unspecified atom stereocenters. The summed E-state index contributed by atoms with van der Waals surface area (Å²) in [6.45, 7) is 5.52. The molecular weight excluding hydrogens is 428 g/mol. The van der Waals surface area contributed by atoms with Gasteiger partial charge in [-0.15, -0.1) is 0 Å². The lowest BCUT2D eigenvalue weighted by molar-refractivity contribution is -0.854. The van der Waals surface area contributed by atoms with Gasteiger partial charge in [0.15, 0.2) is 11.5 Å². The van der Waals surface area contributed by atoms with Crippen molar-refractivity contribution >= 4 is 12.0 Å². The van der Waals surface area contributed by atoms with Gasteiger partial charge in [0.05, 0.1) is 6.10 Å². The van der Waals surface area contributed by atoms with Crippen molar-refractivity contribution in [1.82, 2.24) is 0 Å². The molecule has 6 nitrogen and oxygen atoms in total. The van der Waals surface area contributed by atoms with E-state index in [0.29, 0.717) is 31.7 Å². The first-order chi connectivity index (χ1) is 16.5. The summed E-state index contributed by atoms with van der Waals surface area (Å²) >= 11 is 0. The molecule has 3 rings (SSSR count). The Morgan fingerprint density at radius 1 is 1.15 bits per heavy atom. The number of rotatable bonds is 16. The van der Waals surface area contributed by atoms with Crippen molar-refractivity contribution in [2.45, 2.75) is 84.2 Å². The molecule has 2 heterocycles. The molecule has 0 saturated heterocycles. The van der Waals surface area contributed by atoms with Gasteiger partial charge in [-0.05, 0) is 43.0 Å². The SMILES string of the molecule is CCCCC[C@@H](O)[C@@H](CCCCC)C(=O)CCc1ccc(O)c(OC[NH+]2C=C3N=CC=C3C2)c1. The number of aliphatic imine (C=N–C) groups is 1. The Labute approximate surface area is 204 Å². The molecule has 0 bridgehead atoms. The summed E-state index contributed by atoms with van der Waals surface area (Å²) in [6.07, 6.45) is 14.1. The van der Waals surface area contributed by atoms with Crippen LogP contribution in [0.5, 0.6) is 11.5 Å². The first-order valence-electron chi connectivity index (χ1n) is 13.0. The standard InChI is InChI=1S/C28H40N2O4/c1-3-5-7-9-23(25(31)10-8-6-4-2)26(32)13-11-21-12-14-27(33)28(17-21)34-20-30-18-22-15-16-29-24(22)19-30/h12,14-17,19,23,25,31,33H,3-11,13,18,20H2,1-2H3/p+1/t23-,25-/m1/s1. The maximum atomic E-state index is 13.1. The molecule has 0 aromatic heterocycles. The number of benzene rings is 1. The minimum Gasteiger partial charge on any atom is -0.504 e. The summed E-state index contributed by atoms with van der Waals surface area (Å²) in [5.74, 6) is 0.399. The van der Waals surface area contributed by atoms with Gasteiger partial charge in [0.25, 0.3) is 0 Å². The normalized spacial score (nSPS) is 18.4. The number of nitrogens with one attached hydrogen (secondary N) is 1. The number of allylic oxidation sites excluding steroid dienone is 1. The minimum atomic E-state index is -0.550. The molecule has 1 aromatic carbocycles. The van der Waals surface area contributed by atoms with E-state index >= 15 is 0 Å². The summed E-state index contributed by atoms with van der Waals surface area (Å²) in [5.41, 5.74) is 3.16. The first-order valence-corrected chi connectivity index (χ1v) is 13.0. The van der Waals surface area contributed by atoms with Gasteiger partial charge in [-0.3, -0.25) is 14.7 Å². The highest BCUT2D eigenvalue weighted by molar-refractivity contribution is 5.82. The highest BCUT2D eigenvalue weighted by atomic mass is 16.5. The highest BCUT2D eigenvalue weighted by Crippen LogP contribution is 2.28. The summed E-state index contributed by atoms with van der Waals surface area (Å²) in [4.78, 5) is 18.5. The third kappa shape index (κ3) is 7.54. The van der Waals surface area contributed by atoms with Gasteiger partial charge in [0.1, 0.15) is 24.2 Å². The van der Waals surface area contributed by atoms with Gasteiger partial charge in [-0.25, -0.2) is 0 Å². The Bertz CT molecular complexity index is 906. The zero-order valence-electron chi connectivity index (χ0n) is 20.8. The number of quaternary nitrogens is 1. The van der Waals surface area contributed by atoms with Gasteiger partial charge in [0.2, 0.25) is 6.73 Å². The van der Waals surface area contributed by atoms with Crippen LogP contribution in [0.1, 0.15) is 77.2 Å². The molecule has 34 heavy (non-hydrogen) atoms. The summed E-state index contributed by atoms with van der Waals surface area (Å²) in [6, 6.07) is 5.30. The monoisotopic (exact) mass is 469 g/mol. The largest absolute Gasteiger partial charge is 0.504 e. The van der Waals surface area contributed by atoms with Crippen LogP contribution < -0.4 is 9.64 Å². The molecule has 0 saturated carbocycles. The lowest BCUT2D eigenvalue weighted by atomic mass is 9.86. The van der Waals surface area contributed by atoms with Gasteiger partial charge in [-0.1, -0.05) is 58.4 Å². The minimum absolute atomic E-state index is 0.0996. The van der Waals surface area contributed by atoms with Crippen molar-refractivity contribution in [1.29, 1.82) is 0 Å². The fraction of sp³-hybridized carbons (Fsp3) is 0.571. The molecule has 0 radical (unpaired) electrons. The molecule has 3 N–H and O–H groups in total. The number of unbranched alkanes of at least 4 members (excludes halogenated alkanes) is 4. The van der Waals surface area contributed by atoms with E-state index in [9.17, 15) is 15.0 Å². The Morgan fingerprint density at radius 3 is 2.65 bits per heavy atom. The Balaban J connectivity index is 1.53. The molecule has 2 aliphatic rings. The average Bonchev–Trinajstić information content (AvgIpc) is 3.42. The van der Waals surface area contributed by atoms with E-state index in [1.165, 1.54) is 5.57 Å². The van der Waals surface area contributed by atoms with Crippen LogP contribution in [0.3, 0.4) is 0 Å². The number of phenolic OH excluding ortho intramolecular Hbond substituents is 1. The maximum Gasteiger partial charge on any atom is 0.227 e. The number of aliphatic hydroxyl groups is 1. The van der Waals surface area contributed by atoms with E-state index < -0.39 is 6.10 Å². The molecule has 1 aromatic rings. The fourth-order valence-electron chi connectivity index (χ4n) is 4.68. The first kappa shape index (κ1) is 26.2. The zero-order chi connectivity index (χ0) is 24.3. The number of carbonyl (C=O) groups is 1. The molecule has 0 amide bonds. The van der Waals surface area contributed by atoms with Crippen LogP contribution in [0.15, 0.2) is 46.7 Å². The van der Waals surface area contributed by atoms with E-state index in [-0.39, 0.29) is 17.5 Å². The van der Waals surface area contributed by atoms with E-state index in [1.54, 1.807) is 6.07 Å². The van der Waals surface area contributed by atoms with E-state index in [2.05, 4.69) is 18.8 Å². The average molecular weight is 470 g/mol. The molecule has 186 valence electrons. The Kier molecular flexibility index (Phi) is 10.4. The quantitative estimate of drug-likeness (QED) is 0.318. The number of aryl methyl sites for hydroxylation is 1. The molecular formula is C28H41N2O4+. The number of aliphatic hydroxyl groups excluding tert-OH is 1. The van der Waals surface area contributed by atoms with Gasteiger partial charge >= 0.3 is 0 Å². The van der Waals surface area contributed by atoms with Crippen LogP contribution in [0, 0.1) is 5.92 Å². The molecule has 0 aliphatic carbocycles. The van der Waals surface area contributed by atoms with Crippen molar-refractivity contribution in [3.63, 3.8) is 0 Å². The number of ether oxygens (including phenoxy) is 1. The van der Waals surface area contributed by atoms with E-state index in [4.69, 9.17) is 4.74 Å². The molecule has 3 atom stereocenters. The lowest BCUT2D eigenvalue weighted by Gasteiger charge is -2.22. The van der Waals surface area contributed by atoms with Crippen molar-refractivity contribution in [2.24, 2.45) is 10.9 Å². The van der Waals surface area contributed by atoms with Gasteiger partial charge in [-0.2, -0.15) is 0 Å². The van der Waals surface area contributed by atoms with Crippen LogP contribution in [-0.4, -0.2) is 41.6 Å². The number of phenols is 1. The third-order valence-corrected chi connectivity index (χ3v) is 6.77. The highest BCUT2D eigenvalue weighted by Gasteiger charge is 2.26. The summed E-state index contributed by atoms with van der Waals surface area (Å²) < 4.78 is 5.90. The number of carbonyl (C=O) groups excluding carboxylic acids is 1. The maximum absolute atomic E-state index is 13.1. The second-order valence-corrected chi connectivity index (χ2v) is 9.56. The molecule has 2 aliphatic heterocycles. The Hall–Kier alpha value is -2.44. The van der Waals surface area contributed by atoms with Gasteiger partial charge in [0, 0.05) is 24.1 Å². The van der Waals surface area contributed by atoms with E-state index in [0.717, 1.165) is 67.7 Å². The van der Waals surface area contributed by atoms with Crippen molar-refractivity contribution in [2.75, 3.05) is 13.3 Å². The van der Waals surface area contributed by atoms with E-state index in [1.807, 2.05) is 30.6 Å². The van der Waals surface area contributed by atoms with Crippen LogP contribution in [0.2, 0.25) is 0 Å². The molecule has 0 spiro atoms. The number of Topliss-reactive ketones (excluding diaryl/α,β-unsaturated/α-hetero) is 1. The van der Waals surface area contributed by atoms with Crippen molar-refractivity contribution in [3.05, 3.63) is 47.3 Å². The molecule has 6 heteroatoms. The number of aromatic hydroxyl groups is 1. The number of hydrogen-bond donors (Lipinski definition) is 3. The van der Waals surface area contributed by atoms with Crippen LogP contribution >= 0.6 is 0 Å². The predicted octanol–water partition coefficient (Wildman–Crippen LogP) is 4.12. The predicted molar refractivity (Wildman–Crippen MR) is 135 cm³/mol. The number of hydrogen-bond acceptors (Lipinski definition) is 5. The van der Waals surface area contributed by atoms with Crippen LogP contribution in [0.25, 0.3) is 0 Å². The van der Waals surface area contributed by atoms with Crippen molar-refractivity contribution in [3.8, 4) is 11.5 Å². The lowest BCUT2D eigenvalue weighted by Crippen LogP contribution is -3.07. The second-order valence-electron chi connectivity index (χ2n) is 9.56. The number of nitrogens with zero attached hydrogens (tertiary/aromatic N) is 1. The fourth-order valence-corrected chi connectivity index (χ4v) is 4.68. The number of ketones is 1. The van der Waals surface area contributed by atoms with Crippen LogP contribution in [0.4, 0.5) is 0 Å². The molecule has 0 fully saturated rings.